The number of non-ortho nitro benzene ring substituents is 1. The van der Waals surface area contributed by atoms with Gasteiger partial charge >= 0.3 is 5.97 Å². The normalized spacial score (nSPS) is 11.8. The van der Waals surface area contributed by atoms with E-state index < -0.39 is 22.9 Å². The molecular weight excluding hydrogens is 360 g/mol. The molecule has 8 heteroatoms. The average Bonchev–Trinajstić information content (AvgIpc) is 2.60. The zero-order valence-electron chi connectivity index (χ0n) is 13.7. The highest BCUT2D eigenvalue weighted by Gasteiger charge is 2.16. The van der Waals surface area contributed by atoms with Gasteiger partial charge in [-0.15, -0.1) is 0 Å². The number of hydrogen-bond acceptors (Lipinski definition) is 5. The maximum Gasteiger partial charge on any atom is 0.331 e. The van der Waals surface area contributed by atoms with Gasteiger partial charge < -0.3 is 10.1 Å². The summed E-state index contributed by atoms with van der Waals surface area (Å²) in [5.74, 6) is -1.21. The van der Waals surface area contributed by atoms with Crippen molar-refractivity contribution in [1.29, 1.82) is 0 Å². The van der Waals surface area contributed by atoms with Crippen molar-refractivity contribution in [3.05, 3.63) is 75.3 Å². The Morgan fingerprint density at radius 3 is 2.54 bits per heavy atom. The predicted octanol–water partition coefficient (Wildman–Crippen LogP) is 3.83. The number of nitrogens with zero attached hydrogens (tertiary/aromatic N) is 1. The lowest BCUT2D eigenvalue weighted by Crippen LogP contribution is -2.29. The quantitative estimate of drug-likeness (QED) is 0.358. The summed E-state index contributed by atoms with van der Waals surface area (Å²) in [6.45, 7) is 1.44. The van der Waals surface area contributed by atoms with Gasteiger partial charge in [-0.05, 0) is 48.9 Å². The van der Waals surface area contributed by atoms with E-state index in [-0.39, 0.29) is 5.69 Å². The highest BCUT2D eigenvalue weighted by molar-refractivity contribution is 6.30. The molecule has 0 aliphatic heterocycles. The summed E-state index contributed by atoms with van der Waals surface area (Å²) >= 11 is 5.84. The summed E-state index contributed by atoms with van der Waals surface area (Å²) in [6.07, 6.45) is 1.57. The average molecular weight is 375 g/mol. The van der Waals surface area contributed by atoms with Crippen LogP contribution in [0.5, 0.6) is 0 Å². The van der Waals surface area contributed by atoms with E-state index in [0.29, 0.717) is 16.3 Å². The Labute approximate surface area is 154 Å². The number of nitro groups is 1. The van der Waals surface area contributed by atoms with Gasteiger partial charge in [0.1, 0.15) is 0 Å². The maximum absolute atomic E-state index is 12.0. The molecule has 7 nitrogen and oxygen atoms in total. The number of benzene rings is 2. The highest BCUT2D eigenvalue weighted by Crippen LogP contribution is 2.15. The Hall–Kier alpha value is -3.19. The van der Waals surface area contributed by atoms with Crippen LogP contribution in [0.3, 0.4) is 0 Å². The molecule has 0 aromatic heterocycles. The number of esters is 1. The van der Waals surface area contributed by atoms with Crippen molar-refractivity contribution in [1.82, 2.24) is 0 Å². The number of anilines is 1. The van der Waals surface area contributed by atoms with Crippen molar-refractivity contribution in [2.45, 2.75) is 13.0 Å². The van der Waals surface area contributed by atoms with Crippen molar-refractivity contribution in [2.24, 2.45) is 0 Å². The van der Waals surface area contributed by atoms with Crippen molar-refractivity contribution in [2.75, 3.05) is 5.32 Å². The molecule has 0 aliphatic rings. The number of rotatable bonds is 6. The van der Waals surface area contributed by atoms with Gasteiger partial charge in [0.25, 0.3) is 11.6 Å². The molecule has 1 amide bonds. The first kappa shape index (κ1) is 19.1. The van der Waals surface area contributed by atoms with Gasteiger partial charge in [0.15, 0.2) is 6.10 Å². The molecule has 0 heterocycles. The van der Waals surface area contributed by atoms with Crippen LogP contribution in [0.15, 0.2) is 54.6 Å². The number of nitrogens with one attached hydrogen (secondary N) is 1. The van der Waals surface area contributed by atoms with E-state index in [9.17, 15) is 19.7 Å². The Kier molecular flexibility index (Phi) is 6.46. The van der Waals surface area contributed by atoms with E-state index in [2.05, 4.69) is 5.32 Å². The largest absolute Gasteiger partial charge is 0.449 e. The molecule has 26 heavy (non-hydrogen) atoms. The SMILES string of the molecule is C[C@H](OC(=O)/C=C/c1ccc([N+](=O)[O-])cc1)C(=O)Nc1cccc(Cl)c1. The Morgan fingerprint density at radius 1 is 1.23 bits per heavy atom. The Balaban J connectivity index is 1.89. The summed E-state index contributed by atoms with van der Waals surface area (Å²) in [5.41, 5.74) is 1.03. The molecule has 0 radical (unpaired) electrons. The monoisotopic (exact) mass is 374 g/mol. The molecule has 0 saturated heterocycles. The fourth-order valence-corrected chi connectivity index (χ4v) is 2.14. The molecule has 0 unspecified atom stereocenters. The van der Waals surface area contributed by atoms with E-state index in [1.165, 1.54) is 37.3 Å². The minimum atomic E-state index is -1.01. The van der Waals surface area contributed by atoms with Crippen LogP contribution in [-0.2, 0) is 14.3 Å². The lowest BCUT2D eigenvalue weighted by Gasteiger charge is -2.12. The molecule has 0 saturated carbocycles. The highest BCUT2D eigenvalue weighted by atomic mass is 35.5. The first-order chi connectivity index (χ1) is 12.3. The van der Waals surface area contributed by atoms with Crippen molar-refractivity contribution >= 4 is 40.9 Å². The first-order valence-electron chi connectivity index (χ1n) is 7.55. The fraction of sp³-hybridized carbons (Fsp3) is 0.111. The van der Waals surface area contributed by atoms with Crippen LogP contribution in [0, 0.1) is 10.1 Å². The van der Waals surface area contributed by atoms with Gasteiger partial charge in [0.2, 0.25) is 0 Å². The number of hydrogen-bond donors (Lipinski definition) is 1. The summed E-state index contributed by atoms with van der Waals surface area (Å²) in [6, 6.07) is 12.2. The molecule has 0 fully saturated rings. The van der Waals surface area contributed by atoms with Crippen LogP contribution >= 0.6 is 11.6 Å². The van der Waals surface area contributed by atoms with E-state index in [4.69, 9.17) is 16.3 Å². The fourth-order valence-electron chi connectivity index (χ4n) is 1.95. The third-order valence-corrected chi connectivity index (χ3v) is 3.51. The standard InChI is InChI=1S/C18H15ClN2O5/c1-12(18(23)20-15-4-2-3-14(19)11-15)26-17(22)10-7-13-5-8-16(9-6-13)21(24)25/h2-12H,1H3,(H,20,23)/b10-7+/t12-/m0/s1. The zero-order valence-corrected chi connectivity index (χ0v) is 14.5. The molecule has 2 aromatic rings. The molecule has 0 aliphatic carbocycles. The van der Waals surface area contributed by atoms with Crippen molar-refractivity contribution < 1.29 is 19.2 Å². The summed E-state index contributed by atoms with van der Waals surface area (Å²) in [5, 5.41) is 13.6. The Bertz CT molecular complexity index is 849. The summed E-state index contributed by atoms with van der Waals surface area (Å²) in [4.78, 5) is 33.9. The topological polar surface area (TPSA) is 98.5 Å². The number of carbonyl (C=O) groups excluding carboxylic acids is 2. The van der Waals surface area contributed by atoms with Crippen molar-refractivity contribution in [3.8, 4) is 0 Å². The maximum atomic E-state index is 12.0. The van der Waals surface area contributed by atoms with E-state index in [1.54, 1.807) is 24.3 Å². The molecule has 0 spiro atoms. The van der Waals surface area contributed by atoms with Gasteiger partial charge in [0, 0.05) is 28.9 Å². The summed E-state index contributed by atoms with van der Waals surface area (Å²) < 4.78 is 5.02. The summed E-state index contributed by atoms with van der Waals surface area (Å²) in [7, 11) is 0. The molecule has 2 aromatic carbocycles. The molecule has 1 N–H and O–H groups in total. The molecule has 0 bridgehead atoms. The number of amides is 1. The van der Waals surface area contributed by atoms with Gasteiger partial charge in [-0.2, -0.15) is 0 Å². The lowest BCUT2D eigenvalue weighted by molar-refractivity contribution is -0.384. The first-order valence-corrected chi connectivity index (χ1v) is 7.92. The lowest BCUT2D eigenvalue weighted by atomic mass is 10.2. The van der Waals surface area contributed by atoms with Gasteiger partial charge in [-0.25, -0.2) is 4.79 Å². The number of nitro benzene ring substituents is 1. The molecule has 2 rings (SSSR count). The second-order valence-electron chi connectivity index (χ2n) is 5.26. The minimum Gasteiger partial charge on any atom is -0.449 e. The number of carbonyl (C=O) groups is 2. The molecular formula is C18H15ClN2O5. The molecule has 134 valence electrons. The van der Waals surface area contributed by atoms with Gasteiger partial charge in [-0.1, -0.05) is 17.7 Å². The van der Waals surface area contributed by atoms with Crippen LogP contribution < -0.4 is 5.32 Å². The number of ether oxygens (including phenoxy) is 1. The molecule has 1 atom stereocenters. The van der Waals surface area contributed by atoms with Crippen molar-refractivity contribution in [3.63, 3.8) is 0 Å². The van der Waals surface area contributed by atoms with E-state index in [1.807, 2.05) is 0 Å². The van der Waals surface area contributed by atoms with Crippen LogP contribution in [0.25, 0.3) is 6.08 Å². The van der Waals surface area contributed by atoms with Crippen LogP contribution in [-0.4, -0.2) is 22.9 Å². The predicted molar refractivity (Wildman–Crippen MR) is 97.8 cm³/mol. The van der Waals surface area contributed by atoms with Gasteiger partial charge in [0.05, 0.1) is 4.92 Å². The second kappa shape index (κ2) is 8.77. The third-order valence-electron chi connectivity index (χ3n) is 3.27. The van der Waals surface area contributed by atoms with Crippen LogP contribution in [0.2, 0.25) is 5.02 Å². The minimum absolute atomic E-state index is 0.0453. The van der Waals surface area contributed by atoms with E-state index >= 15 is 0 Å². The van der Waals surface area contributed by atoms with Crippen LogP contribution in [0.1, 0.15) is 12.5 Å². The van der Waals surface area contributed by atoms with Crippen LogP contribution in [0.4, 0.5) is 11.4 Å². The zero-order chi connectivity index (χ0) is 19.1. The second-order valence-corrected chi connectivity index (χ2v) is 5.70. The Morgan fingerprint density at radius 2 is 1.92 bits per heavy atom. The van der Waals surface area contributed by atoms with E-state index in [0.717, 1.165) is 6.08 Å². The smallest absolute Gasteiger partial charge is 0.331 e. The van der Waals surface area contributed by atoms with Gasteiger partial charge in [-0.3, -0.25) is 14.9 Å². The number of halogens is 1. The third kappa shape index (κ3) is 5.71.